The molecule has 1 heterocycles. The first kappa shape index (κ1) is 17.7. The third-order valence-corrected chi connectivity index (χ3v) is 6.78. The molecule has 1 saturated carbocycles. The summed E-state index contributed by atoms with van der Waals surface area (Å²) < 4.78 is 24.6. The van der Waals surface area contributed by atoms with E-state index in [-0.39, 0.29) is 17.4 Å². The van der Waals surface area contributed by atoms with E-state index in [1.165, 1.54) is 29.8 Å². The number of piperidine rings is 1. The van der Waals surface area contributed by atoms with Crippen LogP contribution >= 0.6 is 0 Å². The molecular weight excluding hydrogens is 300 g/mol. The van der Waals surface area contributed by atoms with Crippen LogP contribution in [0.3, 0.4) is 0 Å². The fraction of sp³-hybridized carbons (Fsp3) is 0.938. The summed E-state index contributed by atoms with van der Waals surface area (Å²) in [6.07, 6.45) is 9.45. The fourth-order valence-electron chi connectivity index (χ4n) is 3.84. The number of hydrogen-bond acceptors (Lipinski definition) is 3. The molecule has 1 aliphatic heterocycles. The zero-order valence-corrected chi connectivity index (χ0v) is 15.0. The zero-order valence-electron chi connectivity index (χ0n) is 14.2. The number of carbonyl (C=O) groups is 1. The molecule has 0 aromatic heterocycles. The van der Waals surface area contributed by atoms with Gasteiger partial charge in [-0.15, -0.1) is 0 Å². The normalized spacial score (nSPS) is 24.1. The molecule has 0 aromatic rings. The highest BCUT2D eigenvalue weighted by atomic mass is 32.2. The van der Waals surface area contributed by atoms with Crippen molar-refractivity contribution in [1.82, 2.24) is 9.21 Å². The smallest absolute Gasteiger partial charge is 0.223 e. The van der Waals surface area contributed by atoms with Crippen LogP contribution < -0.4 is 0 Å². The summed E-state index contributed by atoms with van der Waals surface area (Å²) >= 11 is 0. The first-order valence-electron chi connectivity index (χ1n) is 8.42. The van der Waals surface area contributed by atoms with Gasteiger partial charge in [-0.3, -0.25) is 4.79 Å². The summed E-state index contributed by atoms with van der Waals surface area (Å²) in [7, 11) is -1.21. The molecule has 5 nitrogen and oxygen atoms in total. The second-order valence-electron chi connectivity index (χ2n) is 7.45. The van der Waals surface area contributed by atoms with Crippen LogP contribution in [-0.4, -0.2) is 56.0 Å². The molecule has 2 aliphatic rings. The van der Waals surface area contributed by atoms with Gasteiger partial charge in [0.15, 0.2) is 0 Å². The number of carbonyl (C=O) groups excluding carboxylic acids is 1. The fourth-order valence-corrected chi connectivity index (χ4v) is 4.71. The lowest BCUT2D eigenvalue weighted by Crippen LogP contribution is -2.47. The highest BCUT2D eigenvalue weighted by Crippen LogP contribution is 2.39. The number of rotatable bonds is 4. The van der Waals surface area contributed by atoms with Gasteiger partial charge < -0.3 is 4.90 Å². The number of nitrogens with zero attached hydrogens (tertiary/aromatic N) is 2. The quantitative estimate of drug-likeness (QED) is 0.794. The molecule has 0 aromatic carbocycles. The molecule has 0 spiro atoms. The third kappa shape index (κ3) is 4.44. The highest BCUT2D eigenvalue weighted by Gasteiger charge is 2.33. The van der Waals surface area contributed by atoms with Crippen LogP contribution in [0.25, 0.3) is 0 Å². The van der Waals surface area contributed by atoms with Gasteiger partial charge in [0.25, 0.3) is 0 Å². The molecule has 2 rings (SSSR count). The van der Waals surface area contributed by atoms with Gasteiger partial charge in [0.2, 0.25) is 15.9 Å². The van der Waals surface area contributed by atoms with Gasteiger partial charge in [-0.2, -0.15) is 0 Å². The Hall–Kier alpha value is -0.620. The van der Waals surface area contributed by atoms with Crippen molar-refractivity contribution < 1.29 is 13.2 Å². The van der Waals surface area contributed by atoms with E-state index in [9.17, 15) is 13.2 Å². The van der Waals surface area contributed by atoms with E-state index in [2.05, 4.69) is 6.92 Å². The number of sulfonamides is 1. The van der Waals surface area contributed by atoms with Crippen LogP contribution in [-0.2, 0) is 14.8 Å². The minimum atomic E-state index is -3.10. The molecule has 128 valence electrons. The van der Waals surface area contributed by atoms with E-state index in [0.717, 1.165) is 25.7 Å². The standard InChI is InChI=1S/C16H30N2O3S/c1-16(9-5-4-6-10-16)13-15(19)17(2)14-7-11-18(12-8-14)22(3,20)21/h14H,4-13H2,1-3H3. The predicted octanol–water partition coefficient (Wildman–Crippen LogP) is 2.23. The van der Waals surface area contributed by atoms with Gasteiger partial charge in [-0.25, -0.2) is 12.7 Å². The van der Waals surface area contributed by atoms with Gasteiger partial charge >= 0.3 is 0 Å². The van der Waals surface area contributed by atoms with Crippen molar-refractivity contribution in [2.75, 3.05) is 26.4 Å². The third-order valence-electron chi connectivity index (χ3n) is 5.47. The summed E-state index contributed by atoms with van der Waals surface area (Å²) in [5.74, 6) is 0.224. The SMILES string of the molecule is CN(C(=O)CC1(C)CCCCC1)C1CCN(S(C)(=O)=O)CC1. The molecule has 0 bridgehead atoms. The Labute approximate surface area is 135 Å². The summed E-state index contributed by atoms with van der Waals surface area (Å²) in [6.45, 7) is 3.29. The molecule has 1 amide bonds. The Balaban J connectivity index is 1.86. The van der Waals surface area contributed by atoms with Gasteiger partial charge in [0.1, 0.15) is 0 Å². The molecule has 1 saturated heterocycles. The number of hydrogen-bond donors (Lipinski definition) is 0. The van der Waals surface area contributed by atoms with Crippen LogP contribution in [0.15, 0.2) is 0 Å². The molecular formula is C16H30N2O3S. The Morgan fingerprint density at radius 2 is 1.73 bits per heavy atom. The van der Waals surface area contributed by atoms with Crippen molar-refractivity contribution >= 4 is 15.9 Å². The second kappa shape index (κ2) is 6.87. The van der Waals surface area contributed by atoms with Crippen molar-refractivity contribution in [3.8, 4) is 0 Å². The van der Waals surface area contributed by atoms with Crippen LogP contribution in [0.4, 0.5) is 0 Å². The van der Waals surface area contributed by atoms with Gasteiger partial charge in [-0.05, 0) is 31.1 Å². The van der Waals surface area contributed by atoms with Gasteiger partial charge in [-0.1, -0.05) is 26.2 Å². The summed E-state index contributed by atoms with van der Waals surface area (Å²) in [5, 5.41) is 0. The summed E-state index contributed by atoms with van der Waals surface area (Å²) in [4.78, 5) is 14.5. The van der Waals surface area contributed by atoms with Crippen LogP contribution in [0.2, 0.25) is 0 Å². The van der Waals surface area contributed by atoms with E-state index < -0.39 is 10.0 Å². The average Bonchev–Trinajstić information content (AvgIpc) is 2.46. The molecule has 6 heteroatoms. The van der Waals surface area contributed by atoms with Gasteiger partial charge in [0.05, 0.1) is 6.26 Å². The second-order valence-corrected chi connectivity index (χ2v) is 9.43. The maximum atomic E-state index is 12.6. The largest absolute Gasteiger partial charge is 0.343 e. The molecule has 0 atom stereocenters. The Morgan fingerprint density at radius 1 is 1.18 bits per heavy atom. The van der Waals surface area contributed by atoms with E-state index in [0.29, 0.717) is 19.5 Å². The summed E-state index contributed by atoms with van der Waals surface area (Å²) in [6, 6.07) is 0.178. The maximum Gasteiger partial charge on any atom is 0.223 e. The lowest BCUT2D eigenvalue weighted by Gasteiger charge is -2.38. The van der Waals surface area contributed by atoms with Crippen molar-refractivity contribution in [2.24, 2.45) is 5.41 Å². The monoisotopic (exact) mass is 330 g/mol. The van der Waals surface area contributed by atoms with Crippen LogP contribution in [0, 0.1) is 5.41 Å². The zero-order chi connectivity index (χ0) is 16.4. The van der Waals surface area contributed by atoms with Crippen LogP contribution in [0.5, 0.6) is 0 Å². The van der Waals surface area contributed by atoms with E-state index in [1.807, 2.05) is 11.9 Å². The Bertz CT molecular complexity index is 490. The Morgan fingerprint density at radius 3 is 2.23 bits per heavy atom. The molecule has 0 N–H and O–H groups in total. The lowest BCUT2D eigenvalue weighted by molar-refractivity contribution is -0.135. The predicted molar refractivity (Wildman–Crippen MR) is 88.0 cm³/mol. The molecule has 1 aliphatic carbocycles. The van der Waals surface area contributed by atoms with Crippen molar-refractivity contribution in [2.45, 2.75) is 64.3 Å². The topological polar surface area (TPSA) is 57.7 Å². The van der Waals surface area contributed by atoms with Crippen molar-refractivity contribution in [1.29, 1.82) is 0 Å². The molecule has 0 radical (unpaired) electrons. The minimum Gasteiger partial charge on any atom is -0.343 e. The minimum absolute atomic E-state index is 0.164. The lowest BCUT2D eigenvalue weighted by atomic mass is 9.73. The molecule has 2 fully saturated rings. The van der Waals surface area contributed by atoms with Crippen molar-refractivity contribution in [3.05, 3.63) is 0 Å². The van der Waals surface area contributed by atoms with E-state index in [4.69, 9.17) is 0 Å². The van der Waals surface area contributed by atoms with E-state index in [1.54, 1.807) is 0 Å². The first-order valence-corrected chi connectivity index (χ1v) is 10.3. The van der Waals surface area contributed by atoms with E-state index >= 15 is 0 Å². The summed E-state index contributed by atoms with van der Waals surface area (Å²) in [5.41, 5.74) is 0.164. The van der Waals surface area contributed by atoms with Gasteiger partial charge in [0, 0.05) is 32.6 Å². The number of amides is 1. The average molecular weight is 330 g/mol. The first-order chi connectivity index (χ1) is 10.2. The molecule has 0 unspecified atom stereocenters. The van der Waals surface area contributed by atoms with Crippen molar-refractivity contribution in [3.63, 3.8) is 0 Å². The molecule has 22 heavy (non-hydrogen) atoms. The van der Waals surface area contributed by atoms with Crippen LogP contribution in [0.1, 0.15) is 58.3 Å². The highest BCUT2D eigenvalue weighted by molar-refractivity contribution is 7.88. The Kier molecular flexibility index (Phi) is 5.54. The maximum absolute atomic E-state index is 12.6.